The highest BCUT2D eigenvalue weighted by Crippen LogP contribution is 2.33. The first kappa shape index (κ1) is 15.3. The van der Waals surface area contributed by atoms with E-state index in [1.165, 1.54) is 13.1 Å². The summed E-state index contributed by atoms with van der Waals surface area (Å²) < 4.78 is 5.50. The molecule has 1 aliphatic heterocycles. The minimum Gasteiger partial charge on any atom is -0.381 e. The van der Waals surface area contributed by atoms with Gasteiger partial charge in [-0.05, 0) is 43.8 Å². The third-order valence-electron chi connectivity index (χ3n) is 3.76. The van der Waals surface area contributed by atoms with Gasteiger partial charge in [0.1, 0.15) is 0 Å². The molecule has 0 saturated carbocycles. The first-order valence-corrected chi connectivity index (χ1v) is 7.55. The zero-order valence-corrected chi connectivity index (χ0v) is 12.8. The van der Waals surface area contributed by atoms with E-state index in [4.69, 9.17) is 4.74 Å². The molecule has 102 valence electrons. The van der Waals surface area contributed by atoms with Crippen LogP contribution in [0.3, 0.4) is 0 Å². The number of nitrogens with zero attached hydrogens (tertiary/aromatic N) is 1. The van der Waals surface area contributed by atoms with E-state index in [9.17, 15) is 0 Å². The molecule has 1 rings (SSSR count). The molecule has 0 aromatic heterocycles. The largest absolute Gasteiger partial charge is 0.381 e. The summed E-state index contributed by atoms with van der Waals surface area (Å²) in [5.41, 5.74) is 0.376. The first-order chi connectivity index (χ1) is 7.99. The van der Waals surface area contributed by atoms with Gasteiger partial charge >= 0.3 is 0 Å². The molecule has 0 unspecified atom stereocenters. The molecule has 0 aromatic rings. The van der Waals surface area contributed by atoms with E-state index < -0.39 is 0 Å². The number of thiol groups is 1. The lowest BCUT2D eigenvalue weighted by Crippen LogP contribution is -2.46. The van der Waals surface area contributed by atoms with Crippen LogP contribution in [0.2, 0.25) is 0 Å². The number of ether oxygens (including phenoxy) is 1. The molecule has 1 saturated heterocycles. The Morgan fingerprint density at radius 1 is 1.18 bits per heavy atom. The van der Waals surface area contributed by atoms with Crippen LogP contribution in [-0.4, -0.2) is 43.0 Å². The molecule has 0 bridgehead atoms. The van der Waals surface area contributed by atoms with Crippen LogP contribution in [0.25, 0.3) is 0 Å². The van der Waals surface area contributed by atoms with Crippen molar-refractivity contribution in [1.82, 2.24) is 4.90 Å². The van der Waals surface area contributed by atoms with E-state index in [-0.39, 0.29) is 0 Å². The highest BCUT2D eigenvalue weighted by molar-refractivity contribution is 7.80. The molecule has 0 spiro atoms. The van der Waals surface area contributed by atoms with Crippen LogP contribution in [0.1, 0.15) is 40.5 Å². The van der Waals surface area contributed by atoms with Gasteiger partial charge in [0, 0.05) is 32.3 Å². The van der Waals surface area contributed by atoms with Crippen LogP contribution >= 0.6 is 12.6 Å². The first-order valence-electron chi connectivity index (χ1n) is 6.92. The van der Waals surface area contributed by atoms with Crippen molar-refractivity contribution in [3.05, 3.63) is 0 Å². The van der Waals surface area contributed by atoms with Crippen molar-refractivity contribution in [1.29, 1.82) is 0 Å². The second-order valence-electron chi connectivity index (χ2n) is 6.19. The maximum absolute atomic E-state index is 5.50. The second-order valence-corrected chi connectivity index (χ2v) is 6.50. The minimum absolute atomic E-state index is 0.376. The highest BCUT2D eigenvalue weighted by Gasteiger charge is 2.33. The number of rotatable bonds is 6. The van der Waals surface area contributed by atoms with E-state index in [2.05, 4.69) is 45.2 Å². The molecule has 2 nitrogen and oxygen atoms in total. The summed E-state index contributed by atoms with van der Waals surface area (Å²) >= 11 is 4.60. The Balaban J connectivity index is 2.62. The van der Waals surface area contributed by atoms with Crippen molar-refractivity contribution in [2.24, 2.45) is 11.3 Å². The summed E-state index contributed by atoms with van der Waals surface area (Å²) in [6.45, 7) is 13.4. The smallest absolute Gasteiger partial charge is 0.0472 e. The predicted molar refractivity (Wildman–Crippen MR) is 77.9 cm³/mol. The van der Waals surface area contributed by atoms with Gasteiger partial charge in [0.25, 0.3) is 0 Å². The molecule has 1 heterocycles. The van der Waals surface area contributed by atoms with Gasteiger partial charge in [-0.25, -0.2) is 0 Å². The molecule has 0 amide bonds. The monoisotopic (exact) mass is 259 g/mol. The molecule has 0 radical (unpaired) electrons. The van der Waals surface area contributed by atoms with Crippen LogP contribution < -0.4 is 0 Å². The Bertz CT molecular complexity index is 212. The molecule has 0 aliphatic carbocycles. The Hall–Kier alpha value is 0.270. The maximum Gasteiger partial charge on any atom is 0.0472 e. The Labute approximate surface area is 113 Å². The van der Waals surface area contributed by atoms with Gasteiger partial charge in [-0.2, -0.15) is 12.6 Å². The molecule has 3 heteroatoms. The summed E-state index contributed by atoms with van der Waals surface area (Å²) in [4.78, 5) is 2.62. The SMILES string of the molecule is CC(C)CN(CC1(CS)CCOCC1)C(C)C. The van der Waals surface area contributed by atoms with Crippen molar-refractivity contribution < 1.29 is 4.74 Å². The summed E-state index contributed by atoms with van der Waals surface area (Å²) in [5, 5.41) is 0. The van der Waals surface area contributed by atoms with Crippen LogP contribution in [0.15, 0.2) is 0 Å². The van der Waals surface area contributed by atoms with Crippen molar-refractivity contribution in [3.8, 4) is 0 Å². The van der Waals surface area contributed by atoms with Gasteiger partial charge in [0.05, 0.1) is 0 Å². The Kier molecular flexibility index (Phi) is 6.32. The van der Waals surface area contributed by atoms with Crippen LogP contribution in [0.4, 0.5) is 0 Å². The number of hydrogen-bond donors (Lipinski definition) is 1. The van der Waals surface area contributed by atoms with Crippen LogP contribution in [0, 0.1) is 11.3 Å². The topological polar surface area (TPSA) is 12.5 Å². The van der Waals surface area contributed by atoms with Crippen molar-refractivity contribution in [2.45, 2.75) is 46.6 Å². The van der Waals surface area contributed by atoms with E-state index in [1.54, 1.807) is 0 Å². The highest BCUT2D eigenvalue weighted by atomic mass is 32.1. The average molecular weight is 259 g/mol. The zero-order valence-electron chi connectivity index (χ0n) is 11.9. The molecular formula is C14H29NOS. The summed E-state index contributed by atoms with van der Waals surface area (Å²) in [6, 6.07) is 0.622. The third kappa shape index (κ3) is 4.80. The Morgan fingerprint density at radius 3 is 2.18 bits per heavy atom. The van der Waals surface area contributed by atoms with Gasteiger partial charge in [-0.3, -0.25) is 0 Å². The number of hydrogen-bond acceptors (Lipinski definition) is 3. The van der Waals surface area contributed by atoms with Gasteiger partial charge in [-0.15, -0.1) is 0 Å². The van der Waals surface area contributed by atoms with E-state index in [0.717, 1.165) is 37.7 Å². The van der Waals surface area contributed by atoms with Crippen molar-refractivity contribution >= 4 is 12.6 Å². The lowest BCUT2D eigenvalue weighted by Gasteiger charge is -2.42. The van der Waals surface area contributed by atoms with Crippen molar-refractivity contribution in [2.75, 3.05) is 32.1 Å². The normalized spacial score (nSPS) is 20.5. The molecule has 0 atom stereocenters. The van der Waals surface area contributed by atoms with Crippen LogP contribution in [-0.2, 0) is 4.74 Å². The molecule has 17 heavy (non-hydrogen) atoms. The van der Waals surface area contributed by atoms with E-state index in [1.807, 2.05) is 0 Å². The van der Waals surface area contributed by atoms with Gasteiger partial charge < -0.3 is 9.64 Å². The summed E-state index contributed by atoms with van der Waals surface area (Å²) in [7, 11) is 0. The average Bonchev–Trinajstić information content (AvgIpc) is 2.29. The summed E-state index contributed by atoms with van der Waals surface area (Å²) in [6.07, 6.45) is 2.33. The lowest BCUT2D eigenvalue weighted by molar-refractivity contribution is 0.000433. The van der Waals surface area contributed by atoms with E-state index in [0.29, 0.717) is 11.5 Å². The minimum atomic E-state index is 0.376. The standard InChI is InChI=1S/C14H29NOS/c1-12(2)9-15(13(3)4)10-14(11-17)5-7-16-8-6-14/h12-13,17H,5-11H2,1-4H3. The van der Waals surface area contributed by atoms with E-state index >= 15 is 0 Å². The predicted octanol–water partition coefficient (Wildman–Crippen LogP) is 3.08. The fourth-order valence-electron chi connectivity index (χ4n) is 2.53. The Morgan fingerprint density at radius 2 is 1.76 bits per heavy atom. The molecule has 0 aromatic carbocycles. The summed E-state index contributed by atoms with van der Waals surface area (Å²) in [5.74, 6) is 1.71. The second kappa shape index (κ2) is 7.01. The molecular weight excluding hydrogens is 230 g/mol. The molecule has 0 N–H and O–H groups in total. The zero-order chi connectivity index (χ0) is 12.9. The fraction of sp³-hybridized carbons (Fsp3) is 1.00. The lowest BCUT2D eigenvalue weighted by atomic mass is 9.81. The molecule has 1 fully saturated rings. The van der Waals surface area contributed by atoms with Gasteiger partial charge in [0.15, 0.2) is 0 Å². The van der Waals surface area contributed by atoms with Crippen LogP contribution in [0.5, 0.6) is 0 Å². The van der Waals surface area contributed by atoms with Gasteiger partial charge in [-0.1, -0.05) is 13.8 Å². The third-order valence-corrected chi connectivity index (χ3v) is 4.43. The quantitative estimate of drug-likeness (QED) is 0.736. The van der Waals surface area contributed by atoms with Crippen molar-refractivity contribution in [3.63, 3.8) is 0 Å². The maximum atomic E-state index is 5.50. The molecule has 1 aliphatic rings. The fourth-order valence-corrected chi connectivity index (χ4v) is 2.94. The van der Waals surface area contributed by atoms with Gasteiger partial charge in [0.2, 0.25) is 0 Å².